The summed E-state index contributed by atoms with van der Waals surface area (Å²) in [7, 11) is 3.03. The van der Waals surface area contributed by atoms with Crippen LogP contribution in [-0.2, 0) is 4.79 Å². The smallest absolute Gasteiger partial charge is 0.319 e. The summed E-state index contributed by atoms with van der Waals surface area (Å²) < 4.78 is 23.8. The van der Waals surface area contributed by atoms with E-state index in [1.165, 1.54) is 38.5 Å². The molecular weight excluding hydrogens is 365 g/mol. The number of rotatable bonds is 5. The van der Waals surface area contributed by atoms with Crippen molar-refractivity contribution in [3.63, 3.8) is 0 Å². The van der Waals surface area contributed by atoms with Gasteiger partial charge in [0, 0.05) is 16.9 Å². The van der Waals surface area contributed by atoms with Crippen LogP contribution in [0.4, 0.5) is 14.9 Å². The van der Waals surface area contributed by atoms with Crippen molar-refractivity contribution in [2.45, 2.75) is 13.0 Å². The number of urea groups is 1. The van der Waals surface area contributed by atoms with Gasteiger partial charge in [0.1, 0.15) is 17.3 Å². The quantitative estimate of drug-likeness (QED) is 0.738. The van der Waals surface area contributed by atoms with Gasteiger partial charge in [0.2, 0.25) is 0 Å². The molecule has 1 unspecified atom stereocenters. The molecule has 0 bridgehead atoms. The van der Waals surface area contributed by atoms with Crippen LogP contribution in [0.1, 0.15) is 18.5 Å². The summed E-state index contributed by atoms with van der Waals surface area (Å²) in [6.45, 7) is 1.64. The Balaban J connectivity index is 2.01. The molecule has 0 radical (unpaired) electrons. The van der Waals surface area contributed by atoms with Gasteiger partial charge >= 0.3 is 6.03 Å². The number of allylic oxidation sites excluding steroid dienone is 1. The van der Waals surface area contributed by atoms with Crippen molar-refractivity contribution in [3.8, 4) is 11.5 Å². The standard InChI is InChI=1S/C20H20FN3O4/c1-11-17(19(25)23-13-6-4-12(21)5-7-13)18(24-20(26)22-11)15-10-14(27-2)8-9-16(15)28-3/h4-10,18H,1-3H3,(H,23,25)(H2,22,24,26). The highest BCUT2D eigenvalue weighted by Crippen LogP contribution is 2.35. The minimum absolute atomic E-state index is 0.301. The average Bonchev–Trinajstić information content (AvgIpc) is 2.68. The van der Waals surface area contributed by atoms with Crippen molar-refractivity contribution in [2.24, 2.45) is 0 Å². The third-order valence-corrected chi connectivity index (χ3v) is 4.36. The molecule has 2 aromatic carbocycles. The highest BCUT2D eigenvalue weighted by atomic mass is 19.1. The second kappa shape index (κ2) is 7.99. The number of carbonyl (C=O) groups is 2. The Labute approximate surface area is 161 Å². The van der Waals surface area contributed by atoms with Crippen LogP contribution in [0.3, 0.4) is 0 Å². The van der Waals surface area contributed by atoms with E-state index in [4.69, 9.17) is 9.47 Å². The number of anilines is 1. The Bertz CT molecular complexity index is 941. The van der Waals surface area contributed by atoms with Crippen LogP contribution in [0.2, 0.25) is 0 Å². The molecule has 0 spiro atoms. The summed E-state index contributed by atoms with van der Waals surface area (Å²) in [5.41, 5.74) is 1.70. The number of halogens is 1. The summed E-state index contributed by atoms with van der Waals surface area (Å²) in [5, 5.41) is 8.08. The van der Waals surface area contributed by atoms with E-state index in [0.717, 1.165) is 0 Å². The molecule has 1 aliphatic rings. The van der Waals surface area contributed by atoms with Crippen molar-refractivity contribution in [1.29, 1.82) is 0 Å². The fourth-order valence-corrected chi connectivity index (χ4v) is 3.02. The highest BCUT2D eigenvalue weighted by Gasteiger charge is 2.33. The molecule has 0 saturated carbocycles. The molecule has 28 heavy (non-hydrogen) atoms. The lowest BCUT2D eigenvalue weighted by Crippen LogP contribution is -2.46. The number of carbonyl (C=O) groups excluding carboxylic acids is 2. The first-order chi connectivity index (χ1) is 13.4. The maximum Gasteiger partial charge on any atom is 0.319 e. The van der Waals surface area contributed by atoms with E-state index < -0.39 is 23.8 Å². The molecule has 7 nitrogen and oxygen atoms in total. The fraction of sp³-hybridized carbons (Fsp3) is 0.200. The predicted molar refractivity (Wildman–Crippen MR) is 102 cm³/mol. The molecule has 0 fully saturated rings. The third kappa shape index (κ3) is 3.90. The van der Waals surface area contributed by atoms with Gasteiger partial charge in [-0.05, 0) is 49.4 Å². The predicted octanol–water partition coefficient (Wildman–Crippen LogP) is 3.11. The minimum Gasteiger partial charge on any atom is -0.497 e. The third-order valence-electron chi connectivity index (χ3n) is 4.36. The van der Waals surface area contributed by atoms with Crippen molar-refractivity contribution in [3.05, 3.63) is 65.1 Å². The lowest BCUT2D eigenvalue weighted by atomic mass is 9.93. The second-order valence-corrected chi connectivity index (χ2v) is 6.14. The van der Waals surface area contributed by atoms with Crippen LogP contribution < -0.4 is 25.4 Å². The molecule has 3 rings (SSSR count). The summed E-state index contributed by atoms with van der Waals surface area (Å²) in [6.07, 6.45) is 0. The van der Waals surface area contributed by atoms with Crippen LogP contribution >= 0.6 is 0 Å². The number of benzene rings is 2. The van der Waals surface area contributed by atoms with Crippen molar-refractivity contribution in [1.82, 2.24) is 10.6 Å². The van der Waals surface area contributed by atoms with E-state index in [2.05, 4.69) is 16.0 Å². The largest absolute Gasteiger partial charge is 0.497 e. The Hall–Kier alpha value is -3.55. The van der Waals surface area contributed by atoms with Crippen molar-refractivity contribution in [2.75, 3.05) is 19.5 Å². The summed E-state index contributed by atoms with van der Waals surface area (Å²) in [6, 6.07) is 9.34. The van der Waals surface area contributed by atoms with Gasteiger partial charge in [-0.15, -0.1) is 0 Å². The Kier molecular flexibility index (Phi) is 5.49. The number of amides is 3. The Morgan fingerprint density at radius 2 is 1.82 bits per heavy atom. The zero-order chi connectivity index (χ0) is 20.3. The van der Waals surface area contributed by atoms with Crippen LogP contribution in [-0.4, -0.2) is 26.2 Å². The molecule has 146 valence electrons. The normalized spacial score (nSPS) is 16.1. The van der Waals surface area contributed by atoms with Gasteiger partial charge in [-0.25, -0.2) is 9.18 Å². The first-order valence-corrected chi connectivity index (χ1v) is 8.50. The molecule has 3 N–H and O–H groups in total. The summed E-state index contributed by atoms with van der Waals surface area (Å²) in [5.74, 6) is 0.206. The van der Waals surface area contributed by atoms with E-state index in [1.807, 2.05) is 0 Å². The molecule has 0 saturated heterocycles. The van der Waals surface area contributed by atoms with Crippen LogP contribution in [0, 0.1) is 5.82 Å². The maximum absolute atomic E-state index is 13.1. The lowest BCUT2D eigenvalue weighted by molar-refractivity contribution is -0.113. The van der Waals surface area contributed by atoms with Crippen LogP contribution in [0.5, 0.6) is 11.5 Å². The first-order valence-electron chi connectivity index (χ1n) is 8.50. The zero-order valence-corrected chi connectivity index (χ0v) is 15.6. The average molecular weight is 385 g/mol. The number of ether oxygens (including phenoxy) is 2. The Morgan fingerprint density at radius 1 is 1.11 bits per heavy atom. The van der Waals surface area contributed by atoms with E-state index in [1.54, 1.807) is 25.1 Å². The van der Waals surface area contributed by atoms with E-state index in [0.29, 0.717) is 34.0 Å². The molecule has 1 heterocycles. The number of hydrogen-bond donors (Lipinski definition) is 3. The molecule has 2 aromatic rings. The Morgan fingerprint density at radius 3 is 2.46 bits per heavy atom. The summed E-state index contributed by atoms with van der Waals surface area (Å²) in [4.78, 5) is 25.1. The monoisotopic (exact) mass is 385 g/mol. The molecular formula is C20H20FN3O4. The molecule has 3 amide bonds. The van der Waals surface area contributed by atoms with Crippen molar-refractivity contribution >= 4 is 17.6 Å². The fourth-order valence-electron chi connectivity index (χ4n) is 3.02. The lowest BCUT2D eigenvalue weighted by Gasteiger charge is -2.29. The van der Waals surface area contributed by atoms with Gasteiger partial charge in [-0.1, -0.05) is 0 Å². The highest BCUT2D eigenvalue weighted by molar-refractivity contribution is 6.06. The van der Waals surface area contributed by atoms with Crippen LogP contribution in [0.15, 0.2) is 53.7 Å². The first kappa shape index (κ1) is 19.2. The molecule has 0 aromatic heterocycles. The number of hydrogen-bond acceptors (Lipinski definition) is 4. The van der Waals surface area contributed by atoms with Crippen molar-refractivity contribution < 1.29 is 23.5 Å². The SMILES string of the molecule is COc1ccc(OC)c(C2NC(=O)NC(C)=C2C(=O)Nc2ccc(F)cc2)c1. The van der Waals surface area contributed by atoms with Gasteiger partial charge in [0.05, 0.1) is 25.8 Å². The molecule has 8 heteroatoms. The summed E-state index contributed by atoms with van der Waals surface area (Å²) >= 11 is 0. The van der Waals surface area contributed by atoms with Gasteiger partial charge in [-0.3, -0.25) is 4.79 Å². The molecule has 1 atom stereocenters. The zero-order valence-electron chi connectivity index (χ0n) is 15.6. The van der Waals surface area contributed by atoms with E-state index in [-0.39, 0.29) is 0 Å². The van der Waals surface area contributed by atoms with Crippen LogP contribution in [0.25, 0.3) is 0 Å². The van der Waals surface area contributed by atoms with Gasteiger partial charge in [0.15, 0.2) is 0 Å². The molecule has 0 aliphatic carbocycles. The van der Waals surface area contributed by atoms with Gasteiger partial charge < -0.3 is 25.4 Å². The van der Waals surface area contributed by atoms with Gasteiger partial charge in [-0.2, -0.15) is 0 Å². The van der Waals surface area contributed by atoms with Gasteiger partial charge in [0.25, 0.3) is 5.91 Å². The maximum atomic E-state index is 13.1. The number of nitrogens with one attached hydrogen (secondary N) is 3. The topological polar surface area (TPSA) is 88.7 Å². The van der Waals surface area contributed by atoms with E-state index in [9.17, 15) is 14.0 Å². The van der Waals surface area contributed by atoms with E-state index >= 15 is 0 Å². The minimum atomic E-state index is -0.765. The number of methoxy groups -OCH3 is 2. The molecule has 1 aliphatic heterocycles. The second-order valence-electron chi connectivity index (χ2n) is 6.14.